The molecular formula is C16H17FN4O2S3. The molecule has 1 unspecified atom stereocenters. The van der Waals surface area contributed by atoms with Crippen LogP contribution in [0.4, 0.5) is 9.52 Å². The third-order valence-electron chi connectivity index (χ3n) is 3.43. The van der Waals surface area contributed by atoms with Gasteiger partial charge in [0.25, 0.3) is 0 Å². The molecule has 0 saturated carbocycles. The zero-order valence-corrected chi connectivity index (χ0v) is 16.3. The summed E-state index contributed by atoms with van der Waals surface area (Å²) >= 11 is 2.36. The molecule has 26 heavy (non-hydrogen) atoms. The van der Waals surface area contributed by atoms with Crippen LogP contribution in [-0.4, -0.2) is 30.4 Å². The molecule has 0 radical (unpaired) electrons. The van der Waals surface area contributed by atoms with Crippen molar-refractivity contribution in [2.75, 3.05) is 11.9 Å². The largest absolute Gasteiger partial charge is 0.357 e. The SMILES string of the molecule is CC(CNS(=O)(=O)c1cccs1)Nc1nc(Cc2cccc(F)c2)ns1. The molecule has 6 nitrogen and oxygen atoms in total. The summed E-state index contributed by atoms with van der Waals surface area (Å²) in [6.45, 7) is 2.07. The molecular weight excluding hydrogens is 395 g/mol. The summed E-state index contributed by atoms with van der Waals surface area (Å²) in [6.07, 6.45) is 0.440. The van der Waals surface area contributed by atoms with Gasteiger partial charge in [-0.3, -0.25) is 0 Å². The van der Waals surface area contributed by atoms with Crippen molar-refractivity contribution in [2.24, 2.45) is 0 Å². The molecule has 3 rings (SSSR count). The van der Waals surface area contributed by atoms with E-state index in [1.807, 2.05) is 13.0 Å². The summed E-state index contributed by atoms with van der Waals surface area (Å²) in [5, 5.41) is 5.44. The molecule has 2 N–H and O–H groups in total. The third-order valence-corrected chi connectivity index (χ3v) is 6.93. The van der Waals surface area contributed by atoms with Crippen LogP contribution < -0.4 is 10.0 Å². The number of hydrogen-bond donors (Lipinski definition) is 2. The minimum absolute atomic E-state index is 0.167. The monoisotopic (exact) mass is 412 g/mol. The number of halogens is 1. The van der Waals surface area contributed by atoms with Crippen LogP contribution in [0.5, 0.6) is 0 Å². The molecule has 0 saturated heterocycles. The van der Waals surface area contributed by atoms with Gasteiger partial charge in [-0.25, -0.2) is 22.5 Å². The lowest BCUT2D eigenvalue weighted by atomic mass is 10.1. The highest BCUT2D eigenvalue weighted by atomic mass is 32.2. The normalized spacial score (nSPS) is 12.8. The van der Waals surface area contributed by atoms with Gasteiger partial charge in [-0.2, -0.15) is 4.37 Å². The predicted octanol–water partition coefficient (Wildman–Crippen LogP) is 3.11. The van der Waals surface area contributed by atoms with Crippen molar-refractivity contribution in [2.45, 2.75) is 23.6 Å². The minimum atomic E-state index is -3.48. The number of nitrogens with one attached hydrogen (secondary N) is 2. The number of rotatable bonds is 8. The molecule has 0 fully saturated rings. The van der Waals surface area contributed by atoms with Gasteiger partial charge in [-0.1, -0.05) is 18.2 Å². The average Bonchev–Trinajstić information content (AvgIpc) is 3.26. The fraction of sp³-hybridized carbons (Fsp3) is 0.250. The standard InChI is InChI=1S/C16H17FN4O2S3/c1-11(10-18-26(22,23)15-6-3-7-24-15)19-16-20-14(21-25-16)9-12-4-2-5-13(17)8-12/h2-8,11,18H,9-10H2,1H3,(H,19,20,21). The van der Waals surface area contributed by atoms with Gasteiger partial charge in [0.1, 0.15) is 15.9 Å². The van der Waals surface area contributed by atoms with Gasteiger partial charge in [-0.05, 0) is 36.1 Å². The molecule has 0 amide bonds. The van der Waals surface area contributed by atoms with E-state index in [0.29, 0.717) is 17.4 Å². The number of hydrogen-bond acceptors (Lipinski definition) is 7. The van der Waals surface area contributed by atoms with Crippen molar-refractivity contribution in [3.8, 4) is 0 Å². The molecule has 3 aromatic rings. The topological polar surface area (TPSA) is 84.0 Å². The second kappa shape index (κ2) is 8.21. The molecule has 10 heteroatoms. The van der Waals surface area contributed by atoms with Crippen LogP contribution in [0.25, 0.3) is 0 Å². The summed E-state index contributed by atoms with van der Waals surface area (Å²) in [4.78, 5) is 4.37. The molecule has 1 aromatic carbocycles. The van der Waals surface area contributed by atoms with E-state index < -0.39 is 10.0 Å². The van der Waals surface area contributed by atoms with Crippen LogP contribution in [0.1, 0.15) is 18.3 Å². The van der Waals surface area contributed by atoms with Crippen molar-refractivity contribution in [3.63, 3.8) is 0 Å². The van der Waals surface area contributed by atoms with Crippen molar-refractivity contribution >= 4 is 38.0 Å². The summed E-state index contributed by atoms with van der Waals surface area (Å²) < 4.78 is 44.5. The number of benzene rings is 1. The van der Waals surface area contributed by atoms with E-state index in [-0.39, 0.29) is 22.6 Å². The Bertz CT molecular complexity index is 958. The summed E-state index contributed by atoms with van der Waals surface area (Å²) in [7, 11) is -3.48. The highest BCUT2D eigenvalue weighted by Gasteiger charge is 2.16. The maximum Gasteiger partial charge on any atom is 0.250 e. The number of nitrogens with zero attached hydrogens (tertiary/aromatic N) is 2. The van der Waals surface area contributed by atoms with E-state index in [2.05, 4.69) is 19.4 Å². The molecule has 138 valence electrons. The van der Waals surface area contributed by atoms with Crippen LogP contribution in [0, 0.1) is 5.82 Å². The Labute approximate surface area is 159 Å². The highest BCUT2D eigenvalue weighted by Crippen LogP contribution is 2.17. The second-order valence-electron chi connectivity index (χ2n) is 5.65. The Morgan fingerprint density at radius 3 is 2.85 bits per heavy atom. The molecule has 0 aliphatic rings. The summed E-state index contributed by atoms with van der Waals surface area (Å²) in [5.41, 5.74) is 0.797. The van der Waals surface area contributed by atoms with Crippen LogP contribution in [0.2, 0.25) is 0 Å². The van der Waals surface area contributed by atoms with E-state index in [1.54, 1.807) is 23.6 Å². The number of anilines is 1. The summed E-state index contributed by atoms with van der Waals surface area (Å²) in [5.74, 6) is 0.303. The van der Waals surface area contributed by atoms with Gasteiger partial charge in [0.15, 0.2) is 0 Å². The molecule has 2 heterocycles. The quantitative estimate of drug-likeness (QED) is 0.594. The fourth-order valence-electron chi connectivity index (χ4n) is 2.20. The molecule has 0 bridgehead atoms. The van der Waals surface area contributed by atoms with E-state index in [0.717, 1.165) is 5.56 Å². The first-order chi connectivity index (χ1) is 12.4. The number of thiophene rings is 1. The van der Waals surface area contributed by atoms with Crippen LogP contribution in [0.3, 0.4) is 0 Å². The minimum Gasteiger partial charge on any atom is -0.357 e. The maximum absolute atomic E-state index is 13.2. The van der Waals surface area contributed by atoms with Gasteiger partial charge in [-0.15, -0.1) is 11.3 Å². The van der Waals surface area contributed by atoms with Crippen molar-refractivity contribution in [3.05, 3.63) is 59.0 Å². The lowest BCUT2D eigenvalue weighted by Crippen LogP contribution is -2.34. The molecule has 2 aromatic heterocycles. The lowest BCUT2D eigenvalue weighted by Gasteiger charge is -2.13. The van der Waals surface area contributed by atoms with E-state index >= 15 is 0 Å². The average molecular weight is 413 g/mol. The lowest BCUT2D eigenvalue weighted by molar-refractivity contribution is 0.579. The van der Waals surface area contributed by atoms with Gasteiger partial charge in [0.2, 0.25) is 15.2 Å². The van der Waals surface area contributed by atoms with Gasteiger partial charge in [0.05, 0.1) is 0 Å². The first kappa shape index (κ1) is 18.9. The Hall–Kier alpha value is -1.88. The molecule has 0 spiro atoms. The predicted molar refractivity (Wildman–Crippen MR) is 102 cm³/mol. The highest BCUT2D eigenvalue weighted by molar-refractivity contribution is 7.91. The first-order valence-electron chi connectivity index (χ1n) is 7.79. The van der Waals surface area contributed by atoms with Crippen molar-refractivity contribution in [1.29, 1.82) is 0 Å². The fourth-order valence-corrected chi connectivity index (χ4v) is 5.06. The van der Waals surface area contributed by atoms with E-state index in [1.165, 1.54) is 35.0 Å². The Balaban J connectivity index is 1.53. The Morgan fingerprint density at radius 2 is 2.12 bits per heavy atom. The maximum atomic E-state index is 13.2. The molecule has 1 atom stereocenters. The zero-order chi connectivity index (χ0) is 18.6. The molecule has 0 aliphatic heterocycles. The van der Waals surface area contributed by atoms with Crippen molar-refractivity contribution < 1.29 is 12.8 Å². The van der Waals surface area contributed by atoms with Crippen LogP contribution in [0.15, 0.2) is 46.0 Å². The number of sulfonamides is 1. The van der Waals surface area contributed by atoms with E-state index in [9.17, 15) is 12.8 Å². The summed E-state index contributed by atoms with van der Waals surface area (Å²) in [6, 6.07) is 9.41. The smallest absolute Gasteiger partial charge is 0.250 e. The zero-order valence-electron chi connectivity index (χ0n) is 13.8. The second-order valence-corrected chi connectivity index (χ2v) is 9.35. The van der Waals surface area contributed by atoms with Crippen LogP contribution >= 0.6 is 22.9 Å². The van der Waals surface area contributed by atoms with Crippen LogP contribution in [-0.2, 0) is 16.4 Å². The van der Waals surface area contributed by atoms with Crippen molar-refractivity contribution in [1.82, 2.24) is 14.1 Å². The van der Waals surface area contributed by atoms with Gasteiger partial charge in [0, 0.05) is 30.5 Å². The van der Waals surface area contributed by atoms with Gasteiger partial charge >= 0.3 is 0 Å². The first-order valence-corrected chi connectivity index (χ1v) is 10.9. The number of aromatic nitrogens is 2. The van der Waals surface area contributed by atoms with Gasteiger partial charge < -0.3 is 5.32 Å². The third kappa shape index (κ3) is 5.07. The Morgan fingerprint density at radius 1 is 1.27 bits per heavy atom. The molecule has 0 aliphatic carbocycles. The Kier molecular flexibility index (Phi) is 5.97. The van der Waals surface area contributed by atoms with E-state index in [4.69, 9.17) is 0 Å².